The Hall–Kier alpha value is 0.871. The van der Waals surface area contributed by atoms with Crippen LogP contribution in [-0.4, -0.2) is 29.0 Å². The van der Waals surface area contributed by atoms with E-state index in [-0.39, 0.29) is 62.1 Å². The molecule has 0 N–H and O–H groups in total. The van der Waals surface area contributed by atoms with Gasteiger partial charge in [-0.15, -0.1) is 0 Å². The zero-order chi connectivity index (χ0) is 14.9. The molecule has 0 bridgehead atoms. The number of unbranched alkanes of at least 4 members (excludes halogenated alkanes) is 14. The normalized spacial score (nSPS) is 9.04. The van der Waals surface area contributed by atoms with E-state index in [2.05, 4.69) is 6.92 Å². The minimum atomic E-state index is -0.903. The van der Waals surface area contributed by atoms with Gasteiger partial charge in [0, 0.05) is 5.97 Å². The molecular weight excluding hydrogens is 352 g/mol. The first kappa shape index (κ1) is 35.9. The Kier molecular flexibility index (Phi) is 47.3. The van der Waals surface area contributed by atoms with Crippen LogP contribution in [0.5, 0.6) is 0 Å². The van der Waals surface area contributed by atoms with Crippen molar-refractivity contribution in [1.82, 2.24) is 0 Å². The number of carbonyl (C=O) groups excluding carboxylic acids is 1. The van der Waals surface area contributed by atoms with Crippen LogP contribution < -0.4 is 5.11 Å². The largest absolute Gasteiger partial charge is 4.00 e. The number of aliphatic carboxylic acids is 1. The van der Waals surface area contributed by atoms with Gasteiger partial charge in [-0.05, 0) is 12.8 Å². The van der Waals surface area contributed by atoms with Crippen molar-refractivity contribution in [3.63, 3.8) is 0 Å². The van der Waals surface area contributed by atoms with E-state index in [1.165, 1.54) is 83.5 Å². The van der Waals surface area contributed by atoms with Crippen molar-refractivity contribution in [2.24, 2.45) is 0 Å². The van der Waals surface area contributed by atoms with Gasteiger partial charge >= 0.3 is 44.8 Å². The summed E-state index contributed by atoms with van der Waals surface area (Å²) in [6.07, 6.45) is 19.9. The molecule has 0 aliphatic heterocycles. The zero-order valence-electron chi connectivity index (χ0n) is 15.7. The van der Waals surface area contributed by atoms with E-state index in [1.807, 2.05) is 0 Å². The SMILES string of the molecule is CCCCCCCCCCCCCCCCCC(=O)[O-].[Mg+2].[O-2].[O-2].[Ti+4]. The molecule has 0 amide bonds. The van der Waals surface area contributed by atoms with Gasteiger partial charge in [0.2, 0.25) is 0 Å². The molecule has 0 spiro atoms. The molecule has 24 heavy (non-hydrogen) atoms. The van der Waals surface area contributed by atoms with Gasteiger partial charge in [0.1, 0.15) is 0 Å². The van der Waals surface area contributed by atoms with Gasteiger partial charge in [-0.25, -0.2) is 0 Å². The van der Waals surface area contributed by atoms with Crippen LogP contribution in [0.2, 0.25) is 0 Å². The second kappa shape index (κ2) is 31.6. The van der Waals surface area contributed by atoms with Crippen LogP contribution in [-0.2, 0) is 37.5 Å². The van der Waals surface area contributed by atoms with Crippen molar-refractivity contribution in [3.8, 4) is 0 Å². The predicted octanol–water partition coefficient (Wildman–Crippen LogP) is 4.38. The maximum absolute atomic E-state index is 10.2. The predicted molar refractivity (Wildman–Crippen MR) is 91.7 cm³/mol. The van der Waals surface area contributed by atoms with Gasteiger partial charge in [0.25, 0.3) is 0 Å². The first-order chi connectivity index (χ1) is 9.77. The third-order valence-electron chi connectivity index (χ3n) is 3.98. The molecule has 0 saturated heterocycles. The number of hydrogen-bond acceptors (Lipinski definition) is 2. The van der Waals surface area contributed by atoms with Crippen LogP contribution in [0.15, 0.2) is 0 Å². The number of carbonyl (C=O) groups is 1. The van der Waals surface area contributed by atoms with E-state index in [1.54, 1.807) is 0 Å². The fourth-order valence-corrected chi connectivity index (χ4v) is 2.64. The quantitative estimate of drug-likeness (QED) is 0.290. The van der Waals surface area contributed by atoms with E-state index in [9.17, 15) is 9.90 Å². The molecule has 6 heteroatoms. The summed E-state index contributed by atoms with van der Waals surface area (Å²) >= 11 is 0. The van der Waals surface area contributed by atoms with Gasteiger partial charge in [-0.2, -0.15) is 0 Å². The number of carboxylic acids is 1. The smallest absolute Gasteiger partial charge is 2.00 e. The molecule has 0 fully saturated rings. The first-order valence-electron chi connectivity index (χ1n) is 8.97. The van der Waals surface area contributed by atoms with Gasteiger partial charge < -0.3 is 20.9 Å². The second-order valence-corrected chi connectivity index (χ2v) is 6.07. The topological polar surface area (TPSA) is 97.1 Å². The van der Waals surface area contributed by atoms with Crippen LogP contribution >= 0.6 is 0 Å². The molecule has 0 unspecified atom stereocenters. The monoisotopic (exact) mass is 387 g/mol. The van der Waals surface area contributed by atoms with Crippen molar-refractivity contribution in [2.45, 2.75) is 110 Å². The summed E-state index contributed by atoms with van der Waals surface area (Å²) in [6.45, 7) is 2.27. The Morgan fingerprint density at radius 2 is 0.875 bits per heavy atom. The minimum Gasteiger partial charge on any atom is -2.00 e. The van der Waals surface area contributed by atoms with Crippen LogP contribution in [0.4, 0.5) is 0 Å². The molecule has 0 aliphatic carbocycles. The van der Waals surface area contributed by atoms with Crippen LogP contribution in [0.3, 0.4) is 0 Å². The number of carboxylic acid groups (broad SMARTS) is 1. The zero-order valence-corrected chi connectivity index (χ0v) is 18.6. The molecular formula is C18H35MgO4Ti+. The molecule has 136 valence electrons. The van der Waals surface area contributed by atoms with Crippen molar-refractivity contribution in [2.75, 3.05) is 0 Å². The Morgan fingerprint density at radius 1 is 0.625 bits per heavy atom. The average Bonchev–Trinajstić information content (AvgIpc) is 2.43. The standard InChI is InChI=1S/C18H36O2.Mg.2O.Ti/c1-2-3-4-5-6-7-8-9-10-11-12-13-14-15-16-17-18(19)20;;;;/h2-17H2,1H3,(H,19,20);;;;/q;+2;2*-2;+4/p-1. The number of hydrogen-bond donors (Lipinski definition) is 0. The molecule has 0 aromatic heterocycles. The molecule has 0 rings (SSSR count). The Balaban J connectivity index is -0.000000301. The minimum absolute atomic E-state index is 0. The van der Waals surface area contributed by atoms with E-state index in [0.717, 1.165) is 12.8 Å². The average molecular weight is 388 g/mol. The van der Waals surface area contributed by atoms with E-state index in [4.69, 9.17) is 0 Å². The molecule has 0 atom stereocenters. The fourth-order valence-electron chi connectivity index (χ4n) is 2.64. The van der Waals surface area contributed by atoms with Crippen LogP contribution in [0.1, 0.15) is 110 Å². The Labute approximate surface area is 180 Å². The van der Waals surface area contributed by atoms with Crippen LogP contribution in [0, 0.1) is 0 Å². The molecule has 0 radical (unpaired) electrons. The summed E-state index contributed by atoms with van der Waals surface area (Å²) in [7, 11) is 0. The van der Waals surface area contributed by atoms with Crippen LogP contribution in [0.25, 0.3) is 0 Å². The summed E-state index contributed by atoms with van der Waals surface area (Å²) in [4.78, 5) is 10.2. The summed E-state index contributed by atoms with van der Waals surface area (Å²) in [6, 6.07) is 0. The van der Waals surface area contributed by atoms with Gasteiger partial charge in [0.05, 0.1) is 0 Å². The van der Waals surface area contributed by atoms with Crippen molar-refractivity contribution in [3.05, 3.63) is 0 Å². The third-order valence-corrected chi connectivity index (χ3v) is 3.98. The molecule has 4 nitrogen and oxygen atoms in total. The van der Waals surface area contributed by atoms with Gasteiger partial charge in [-0.1, -0.05) is 96.8 Å². The maximum atomic E-state index is 10.2. The summed E-state index contributed by atoms with van der Waals surface area (Å²) < 4.78 is 0. The van der Waals surface area contributed by atoms with Gasteiger partial charge in [0.15, 0.2) is 0 Å². The Bertz CT molecular complexity index is 219. The Morgan fingerprint density at radius 3 is 1.12 bits per heavy atom. The van der Waals surface area contributed by atoms with Crippen molar-refractivity contribution in [1.29, 1.82) is 0 Å². The fraction of sp³-hybridized carbons (Fsp3) is 0.944. The maximum Gasteiger partial charge on any atom is 4.00 e. The molecule has 0 aromatic carbocycles. The molecule has 0 heterocycles. The summed E-state index contributed by atoms with van der Waals surface area (Å²) in [5, 5.41) is 10.2. The van der Waals surface area contributed by atoms with E-state index in [0.29, 0.717) is 0 Å². The summed E-state index contributed by atoms with van der Waals surface area (Å²) in [5.41, 5.74) is 0. The van der Waals surface area contributed by atoms with E-state index >= 15 is 0 Å². The van der Waals surface area contributed by atoms with Gasteiger partial charge in [-0.3, -0.25) is 0 Å². The van der Waals surface area contributed by atoms with Crippen molar-refractivity contribution < 1.29 is 42.6 Å². The van der Waals surface area contributed by atoms with E-state index < -0.39 is 5.97 Å². The summed E-state index contributed by atoms with van der Waals surface area (Å²) in [5.74, 6) is -0.903. The molecule has 0 saturated carbocycles. The third kappa shape index (κ3) is 34.3. The second-order valence-electron chi connectivity index (χ2n) is 6.07. The van der Waals surface area contributed by atoms with Crippen molar-refractivity contribution >= 4 is 29.0 Å². The first-order valence-corrected chi connectivity index (χ1v) is 8.97. The number of rotatable bonds is 16. The molecule has 0 aromatic rings. The molecule has 0 aliphatic rings.